The van der Waals surface area contributed by atoms with Gasteiger partial charge in [0.05, 0.1) is 5.52 Å². The van der Waals surface area contributed by atoms with Crippen LogP contribution in [0.25, 0.3) is 10.9 Å². The van der Waals surface area contributed by atoms with E-state index in [1.165, 1.54) is 6.92 Å². The van der Waals surface area contributed by atoms with Crippen LogP contribution in [0.1, 0.15) is 12.5 Å². The van der Waals surface area contributed by atoms with E-state index < -0.39 is 5.97 Å². The van der Waals surface area contributed by atoms with Gasteiger partial charge in [0.15, 0.2) is 0 Å². The number of carboxylic acids is 1. The van der Waals surface area contributed by atoms with Crippen molar-refractivity contribution in [1.29, 1.82) is 0 Å². The van der Waals surface area contributed by atoms with Crippen LogP contribution in [0.3, 0.4) is 0 Å². The summed E-state index contributed by atoms with van der Waals surface area (Å²) in [7, 11) is 0. The first-order chi connectivity index (χ1) is 8.58. The summed E-state index contributed by atoms with van der Waals surface area (Å²) in [4.78, 5) is 15.0. The van der Waals surface area contributed by atoms with Gasteiger partial charge in [0.2, 0.25) is 0 Å². The molecule has 0 spiro atoms. The van der Waals surface area contributed by atoms with Crippen LogP contribution >= 0.6 is 0 Å². The third-order valence-corrected chi connectivity index (χ3v) is 2.57. The molecular formula is C13H13N3O2. The van der Waals surface area contributed by atoms with Crippen molar-refractivity contribution in [3.05, 3.63) is 35.9 Å². The summed E-state index contributed by atoms with van der Waals surface area (Å²) in [6.07, 6.45) is 0. The van der Waals surface area contributed by atoms with E-state index in [2.05, 4.69) is 15.5 Å². The Bertz CT molecular complexity index is 635. The summed E-state index contributed by atoms with van der Waals surface area (Å²) in [5, 5.41) is 13.5. The van der Waals surface area contributed by atoms with Crippen molar-refractivity contribution in [2.45, 2.75) is 13.8 Å². The minimum absolute atomic E-state index is 0.0115. The standard InChI is InChI=1S/C13H13N3O2/c1-8-7-12(16-15-9(2)13(17)18)14-11-6-4-3-5-10(8)11/h3-7H,1-2H3,(H,14,16)(H,17,18). The van der Waals surface area contributed by atoms with Crippen LogP contribution in [-0.4, -0.2) is 21.8 Å². The summed E-state index contributed by atoms with van der Waals surface area (Å²) >= 11 is 0. The Kier molecular flexibility index (Phi) is 3.23. The number of nitrogens with one attached hydrogen (secondary N) is 1. The number of fused-ring (bicyclic) bond motifs is 1. The molecule has 0 saturated heterocycles. The number of carbonyl (C=O) groups is 1. The Morgan fingerprint density at radius 3 is 2.83 bits per heavy atom. The first-order valence-corrected chi connectivity index (χ1v) is 5.48. The molecule has 1 aromatic carbocycles. The third-order valence-electron chi connectivity index (χ3n) is 2.57. The largest absolute Gasteiger partial charge is 0.477 e. The van der Waals surface area contributed by atoms with E-state index in [0.717, 1.165) is 16.5 Å². The van der Waals surface area contributed by atoms with Crippen LogP contribution in [0.15, 0.2) is 35.4 Å². The highest BCUT2D eigenvalue weighted by atomic mass is 16.4. The molecule has 0 bridgehead atoms. The lowest BCUT2D eigenvalue weighted by atomic mass is 10.1. The minimum atomic E-state index is -1.06. The topological polar surface area (TPSA) is 74.6 Å². The Balaban J connectivity index is 2.36. The predicted octanol–water partition coefficient (Wildman–Crippen LogP) is 2.42. The number of hydrogen-bond acceptors (Lipinski definition) is 4. The van der Waals surface area contributed by atoms with Gasteiger partial charge in [-0.1, -0.05) is 18.2 Å². The molecule has 2 rings (SSSR count). The molecule has 0 aliphatic heterocycles. The highest BCUT2D eigenvalue weighted by molar-refractivity contribution is 6.34. The SMILES string of the molecule is CC(=NNc1cc(C)c2ccccc2n1)C(=O)O. The molecule has 5 nitrogen and oxygen atoms in total. The molecule has 0 aliphatic rings. The third kappa shape index (κ3) is 2.45. The number of carboxylic acid groups (broad SMARTS) is 1. The molecule has 0 amide bonds. The summed E-state index contributed by atoms with van der Waals surface area (Å²) in [5.74, 6) is -0.521. The number of nitrogens with zero attached hydrogens (tertiary/aromatic N) is 2. The monoisotopic (exact) mass is 243 g/mol. The van der Waals surface area contributed by atoms with E-state index in [9.17, 15) is 4.79 Å². The average Bonchev–Trinajstić information content (AvgIpc) is 2.36. The second-order valence-electron chi connectivity index (χ2n) is 3.96. The van der Waals surface area contributed by atoms with E-state index in [4.69, 9.17) is 5.11 Å². The van der Waals surface area contributed by atoms with Gasteiger partial charge in [-0.25, -0.2) is 9.78 Å². The van der Waals surface area contributed by atoms with Crippen molar-refractivity contribution < 1.29 is 9.90 Å². The Hall–Kier alpha value is -2.43. The van der Waals surface area contributed by atoms with Crippen molar-refractivity contribution in [2.24, 2.45) is 5.10 Å². The number of aliphatic carboxylic acids is 1. The van der Waals surface area contributed by atoms with Gasteiger partial charge in [-0.15, -0.1) is 0 Å². The molecule has 18 heavy (non-hydrogen) atoms. The van der Waals surface area contributed by atoms with Crippen LogP contribution < -0.4 is 5.43 Å². The van der Waals surface area contributed by atoms with Gasteiger partial charge in [-0.3, -0.25) is 5.43 Å². The Morgan fingerprint density at radius 2 is 2.11 bits per heavy atom. The predicted molar refractivity (Wildman–Crippen MR) is 70.8 cm³/mol. The molecule has 2 N–H and O–H groups in total. The molecule has 1 aromatic heterocycles. The fourth-order valence-electron chi connectivity index (χ4n) is 1.60. The lowest BCUT2D eigenvalue weighted by Crippen LogP contribution is -2.10. The number of anilines is 1. The molecule has 0 saturated carbocycles. The summed E-state index contributed by atoms with van der Waals surface area (Å²) < 4.78 is 0. The second-order valence-corrected chi connectivity index (χ2v) is 3.96. The van der Waals surface area contributed by atoms with Gasteiger partial charge in [-0.05, 0) is 31.5 Å². The van der Waals surface area contributed by atoms with Crippen LogP contribution in [0.2, 0.25) is 0 Å². The van der Waals surface area contributed by atoms with Gasteiger partial charge < -0.3 is 5.11 Å². The van der Waals surface area contributed by atoms with Gasteiger partial charge in [0.25, 0.3) is 0 Å². The fourth-order valence-corrected chi connectivity index (χ4v) is 1.60. The highest BCUT2D eigenvalue weighted by Gasteiger charge is 2.03. The first-order valence-electron chi connectivity index (χ1n) is 5.48. The number of pyridine rings is 1. The van der Waals surface area contributed by atoms with Crippen LogP contribution in [-0.2, 0) is 4.79 Å². The number of aryl methyl sites for hydroxylation is 1. The van der Waals surface area contributed by atoms with Crippen LogP contribution in [0, 0.1) is 6.92 Å². The minimum Gasteiger partial charge on any atom is -0.477 e. The molecule has 0 unspecified atom stereocenters. The quantitative estimate of drug-likeness (QED) is 0.641. The van der Waals surface area contributed by atoms with Crippen molar-refractivity contribution in [3.8, 4) is 0 Å². The van der Waals surface area contributed by atoms with Crippen LogP contribution in [0.4, 0.5) is 5.82 Å². The number of aromatic nitrogens is 1. The molecule has 2 aromatic rings. The molecule has 1 heterocycles. The maximum absolute atomic E-state index is 10.6. The van der Waals surface area contributed by atoms with Gasteiger partial charge in [-0.2, -0.15) is 5.10 Å². The van der Waals surface area contributed by atoms with Gasteiger partial charge in [0.1, 0.15) is 11.5 Å². The van der Waals surface area contributed by atoms with E-state index in [0.29, 0.717) is 5.82 Å². The Morgan fingerprint density at radius 1 is 1.39 bits per heavy atom. The highest BCUT2D eigenvalue weighted by Crippen LogP contribution is 2.19. The second kappa shape index (κ2) is 4.83. The molecule has 5 heteroatoms. The van der Waals surface area contributed by atoms with Gasteiger partial charge >= 0.3 is 5.97 Å². The lowest BCUT2D eigenvalue weighted by molar-refractivity contribution is -0.129. The van der Waals surface area contributed by atoms with Crippen molar-refractivity contribution in [1.82, 2.24) is 4.98 Å². The average molecular weight is 243 g/mol. The number of hydrazone groups is 1. The van der Waals surface area contributed by atoms with E-state index in [1.807, 2.05) is 37.3 Å². The lowest BCUT2D eigenvalue weighted by Gasteiger charge is -2.05. The number of benzene rings is 1. The molecule has 0 radical (unpaired) electrons. The zero-order valence-corrected chi connectivity index (χ0v) is 10.1. The molecule has 92 valence electrons. The normalized spacial score (nSPS) is 11.6. The maximum Gasteiger partial charge on any atom is 0.351 e. The number of rotatable bonds is 3. The fraction of sp³-hybridized carbons (Fsp3) is 0.154. The number of para-hydroxylation sites is 1. The molecule has 0 fully saturated rings. The van der Waals surface area contributed by atoms with E-state index in [1.54, 1.807) is 0 Å². The molecule has 0 atom stereocenters. The zero-order valence-electron chi connectivity index (χ0n) is 10.1. The molecular weight excluding hydrogens is 230 g/mol. The number of hydrogen-bond donors (Lipinski definition) is 2. The maximum atomic E-state index is 10.6. The first kappa shape index (κ1) is 12.0. The summed E-state index contributed by atoms with van der Waals surface area (Å²) in [5.41, 5.74) is 4.55. The van der Waals surface area contributed by atoms with Gasteiger partial charge in [0, 0.05) is 5.39 Å². The zero-order chi connectivity index (χ0) is 13.1. The smallest absolute Gasteiger partial charge is 0.351 e. The molecule has 0 aliphatic carbocycles. The van der Waals surface area contributed by atoms with E-state index >= 15 is 0 Å². The van der Waals surface area contributed by atoms with Crippen molar-refractivity contribution in [3.63, 3.8) is 0 Å². The summed E-state index contributed by atoms with van der Waals surface area (Å²) in [6.45, 7) is 3.40. The van der Waals surface area contributed by atoms with Crippen molar-refractivity contribution in [2.75, 3.05) is 5.43 Å². The van der Waals surface area contributed by atoms with E-state index in [-0.39, 0.29) is 5.71 Å². The summed E-state index contributed by atoms with van der Waals surface area (Å²) in [6, 6.07) is 9.59. The van der Waals surface area contributed by atoms with Crippen molar-refractivity contribution >= 4 is 28.4 Å². The Labute approximate surface area is 104 Å². The van der Waals surface area contributed by atoms with Crippen LogP contribution in [0.5, 0.6) is 0 Å².